The van der Waals surface area contributed by atoms with Gasteiger partial charge in [0.25, 0.3) is 0 Å². The average molecular weight is 1660 g/mol. The maximum Gasteiger partial charge on any atom is 0.0725 e. The molecule has 0 aliphatic rings. The molecule has 7 aromatic heterocycles. The van der Waals surface area contributed by atoms with Crippen molar-refractivity contribution in [3.63, 3.8) is 0 Å². The van der Waals surface area contributed by atoms with Crippen molar-refractivity contribution < 1.29 is 0 Å². The predicted octanol–water partition coefficient (Wildman–Crippen LogP) is 25.9. The first-order valence-electron chi connectivity index (χ1n) is 48.8. The Kier molecular flexibility index (Phi) is 64.7. The lowest BCUT2D eigenvalue weighted by atomic mass is 10.0. The van der Waals surface area contributed by atoms with Crippen LogP contribution in [0.4, 0.5) is 0 Å². The van der Waals surface area contributed by atoms with E-state index in [0.717, 1.165) is 162 Å². The van der Waals surface area contributed by atoms with Crippen LogP contribution in [0.15, 0.2) is 43.4 Å². The number of aromatic nitrogens is 21. The molecule has 7 aromatic rings. The summed E-state index contributed by atoms with van der Waals surface area (Å²) in [6.45, 7) is 70.7. The third-order valence-corrected chi connectivity index (χ3v) is 21.3. The lowest BCUT2D eigenvalue weighted by Crippen LogP contribution is -2.07. The Morgan fingerprint density at radius 1 is 0.160 bits per heavy atom. The lowest BCUT2D eigenvalue weighted by Gasteiger charge is -2.08. The zero-order chi connectivity index (χ0) is 88.7. The SMILES string of the molecule is CC(C)CCCCCn1nncc1CC(C)C.CC(C)CCCCCn1nncc1CC(C)C.CC(C)CCCCc1cnnn1CCC(C)C.CC(C)CCCCn1nncc1CCC(C)C.CC(C)CCCCn1nncc1CCC(C)C.CC(C)CCCc1cnnn1CCCC(C)C.CC(C)CCCc1cnnn1CCCC(C)C. The van der Waals surface area contributed by atoms with Gasteiger partial charge in [0.05, 0.1) is 83.2 Å². The van der Waals surface area contributed by atoms with Gasteiger partial charge in [-0.05, 0) is 218 Å². The summed E-state index contributed by atoms with van der Waals surface area (Å²) < 4.78 is 14.6. The molecule has 0 saturated heterocycles. The van der Waals surface area contributed by atoms with E-state index in [9.17, 15) is 0 Å². The van der Waals surface area contributed by atoms with Crippen molar-refractivity contribution in [2.45, 2.75) is 464 Å². The number of nitrogens with zero attached hydrogens (tertiary/aromatic N) is 21. The number of aryl methyl sites for hydroxylation is 12. The molecule has 0 bridgehead atoms. The molecule has 0 amide bonds. The molecule has 0 aliphatic carbocycles. The quantitative estimate of drug-likeness (QED) is 0.0324. The van der Waals surface area contributed by atoms with E-state index in [4.69, 9.17) is 0 Å². The molecule has 21 nitrogen and oxygen atoms in total. The molecule has 21 heteroatoms. The minimum Gasteiger partial charge on any atom is -0.249 e. The first-order valence-corrected chi connectivity index (χ1v) is 48.8. The minimum absolute atomic E-state index is 0.674. The summed E-state index contributed by atoms with van der Waals surface area (Å²) in [5, 5.41) is 57.4. The molecule has 0 atom stereocenters. The Balaban J connectivity index is 0.000000694. The maximum atomic E-state index is 4.18. The van der Waals surface area contributed by atoms with Crippen LogP contribution < -0.4 is 0 Å². The van der Waals surface area contributed by atoms with Crippen LogP contribution >= 0.6 is 0 Å². The van der Waals surface area contributed by atoms with E-state index in [1.54, 1.807) is 0 Å². The summed E-state index contributed by atoms with van der Waals surface area (Å²) in [6, 6.07) is 0. The van der Waals surface area contributed by atoms with Crippen molar-refractivity contribution in [3.05, 3.63) is 83.2 Å². The van der Waals surface area contributed by atoms with Crippen LogP contribution in [0.5, 0.6) is 0 Å². The number of hydrogen-bond donors (Lipinski definition) is 0. The fourth-order valence-corrected chi connectivity index (χ4v) is 13.8. The smallest absolute Gasteiger partial charge is 0.0725 e. The van der Waals surface area contributed by atoms with E-state index in [-0.39, 0.29) is 0 Å². The Bertz CT molecular complexity index is 3010. The summed E-state index contributed by atoms with van der Waals surface area (Å²) in [5.41, 5.74) is 9.05. The Morgan fingerprint density at radius 2 is 0.345 bits per heavy atom. The molecule has 0 aliphatic heterocycles. The standard InChI is InChI=1S/7C14H27N3/c2*1-12(2)7-5-9-14-11-15-16-17(14)10-6-8-13(3)4;2*1-12(2)7-5-6-10-17-14(11-15-16-17)9-8-13(3)4;1-12(2)7-5-6-8-14-11-15-16-17(14)10-9-13(3)4;2*1-12(2)8-6-5-7-9-17-14(10-13(3)4)11-15-16-17/h7*11-13H,5-10H2,1-4H3. The Labute approximate surface area is 731 Å². The molecule has 0 N–H and O–H groups in total. The van der Waals surface area contributed by atoms with Crippen LogP contribution in [0.25, 0.3) is 0 Å². The van der Waals surface area contributed by atoms with Crippen LogP contribution in [0.2, 0.25) is 0 Å². The first kappa shape index (κ1) is 111. The van der Waals surface area contributed by atoms with E-state index in [1.165, 1.54) is 220 Å². The van der Waals surface area contributed by atoms with Gasteiger partial charge in [-0.3, -0.25) is 0 Å². The van der Waals surface area contributed by atoms with Gasteiger partial charge >= 0.3 is 0 Å². The topological polar surface area (TPSA) is 215 Å². The van der Waals surface area contributed by atoms with Gasteiger partial charge in [-0.2, -0.15) is 0 Å². The van der Waals surface area contributed by atoms with Crippen molar-refractivity contribution >= 4 is 0 Å². The minimum atomic E-state index is 0.674. The molecular formula is C98H189N21. The van der Waals surface area contributed by atoms with Gasteiger partial charge in [0.2, 0.25) is 0 Å². The maximum absolute atomic E-state index is 4.18. The number of rotatable bonds is 56. The normalized spacial score (nSPS) is 11.6. The highest BCUT2D eigenvalue weighted by Gasteiger charge is 2.14. The fourth-order valence-electron chi connectivity index (χ4n) is 13.8. The molecule has 0 fully saturated rings. The zero-order valence-electron chi connectivity index (χ0n) is 82.7. The average Bonchev–Trinajstić information content (AvgIpc) is 1.79. The Morgan fingerprint density at radius 3 is 0.605 bits per heavy atom. The first-order chi connectivity index (χ1) is 56.6. The highest BCUT2D eigenvalue weighted by Crippen LogP contribution is 2.20. The number of hydrogen-bond acceptors (Lipinski definition) is 14. The van der Waals surface area contributed by atoms with Gasteiger partial charge in [-0.15, -0.1) is 35.7 Å². The number of unbranched alkanes of at least 4 members (excludes halogenated alkanes) is 7. The second-order valence-corrected chi connectivity index (χ2v) is 40.4. The molecule has 0 spiro atoms. The van der Waals surface area contributed by atoms with Crippen LogP contribution in [-0.2, 0) is 90.8 Å². The van der Waals surface area contributed by atoms with Crippen molar-refractivity contribution in [3.8, 4) is 0 Å². The molecule has 0 unspecified atom stereocenters. The molecule has 7 rings (SSSR count). The van der Waals surface area contributed by atoms with E-state index in [2.05, 4.69) is 299 Å². The van der Waals surface area contributed by atoms with Crippen molar-refractivity contribution in [1.29, 1.82) is 0 Å². The summed E-state index contributed by atoms with van der Waals surface area (Å²) in [6.07, 6.45) is 56.8. The van der Waals surface area contributed by atoms with E-state index >= 15 is 0 Å². The Hall–Kier alpha value is -6.02. The van der Waals surface area contributed by atoms with Gasteiger partial charge in [0, 0.05) is 45.8 Å². The fraction of sp³-hybridized carbons (Fsp3) is 0.857. The second kappa shape index (κ2) is 69.4. The van der Waals surface area contributed by atoms with Crippen LogP contribution in [-0.4, -0.2) is 105 Å². The lowest BCUT2D eigenvalue weighted by molar-refractivity contribution is 0.461. The molecule has 0 aromatic carbocycles. The molecule has 0 saturated carbocycles. The molecule has 7 heterocycles. The third kappa shape index (κ3) is 61.9. The largest absolute Gasteiger partial charge is 0.249 e. The van der Waals surface area contributed by atoms with Crippen LogP contribution in [0.3, 0.4) is 0 Å². The van der Waals surface area contributed by atoms with E-state index in [0.29, 0.717) is 11.8 Å². The molecular weight excluding hydrogens is 1470 g/mol. The van der Waals surface area contributed by atoms with Crippen LogP contribution in [0, 0.1) is 82.9 Å². The van der Waals surface area contributed by atoms with Gasteiger partial charge in [-0.1, -0.05) is 320 Å². The summed E-state index contributed by atoms with van der Waals surface area (Å²) in [4.78, 5) is 0. The monoisotopic (exact) mass is 1660 g/mol. The molecule has 686 valence electrons. The van der Waals surface area contributed by atoms with Gasteiger partial charge in [0.1, 0.15) is 0 Å². The third-order valence-electron chi connectivity index (χ3n) is 21.3. The van der Waals surface area contributed by atoms with E-state index < -0.39 is 0 Å². The van der Waals surface area contributed by atoms with Gasteiger partial charge in [-0.25, -0.2) is 32.8 Å². The highest BCUT2D eigenvalue weighted by molar-refractivity contribution is 4.99. The van der Waals surface area contributed by atoms with Gasteiger partial charge in [0.15, 0.2) is 0 Å². The van der Waals surface area contributed by atoms with Gasteiger partial charge < -0.3 is 0 Å². The highest BCUT2D eigenvalue weighted by atomic mass is 15.5. The van der Waals surface area contributed by atoms with Crippen LogP contribution in [0.1, 0.15) is 414 Å². The zero-order valence-corrected chi connectivity index (χ0v) is 82.7. The predicted molar refractivity (Wildman–Crippen MR) is 503 cm³/mol. The second-order valence-electron chi connectivity index (χ2n) is 40.4. The van der Waals surface area contributed by atoms with Crippen molar-refractivity contribution in [2.75, 3.05) is 0 Å². The summed E-state index contributed by atoms with van der Waals surface area (Å²) in [7, 11) is 0. The van der Waals surface area contributed by atoms with Crippen molar-refractivity contribution in [2.24, 2.45) is 82.9 Å². The molecule has 119 heavy (non-hydrogen) atoms. The van der Waals surface area contributed by atoms with Crippen molar-refractivity contribution in [1.82, 2.24) is 105 Å². The summed E-state index contributed by atoms with van der Waals surface area (Å²) in [5.74, 6) is 10.8. The summed E-state index contributed by atoms with van der Waals surface area (Å²) >= 11 is 0. The van der Waals surface area contributed by atoms with E-state index in [1.807, 2.05) is 43.4 Å². The molecule has 0 radical (unpaired) electrons.